The summed E-state index contributed by atoms with van der Waals surface area (Å²) in [6, 6.07) is 2.92. The molecular weight excluding hydrogens is 225 g/mol. The zero-order valence-corrected chi connectivity index (χ0v) is 8.25. The Bertz CT molecular complexity index is 412. The van der Waals surface area contributed by atoms with E-state index in [1.54, 1.807) is 0 Å². The molecule has 1 aromatic carbocycles. The van der Waals surface area contributed by atoms with Crippen molar-refractivity contribution in [3.8, 4) is 5.75 Å². The van der Waals surface area contributed by atoms with Gasteiger partial charge in [0.2, 0.25) is 0 Å². The molecule has 0 aliphatic carbocycles. The van der Waals surface area contributed by atoms with Crippen LogP contribution in [0.4, 0.5) is 13.2 Å². The maximum Gasteiger partial charge on any atom is 0.419 e. The highest BCUT2D eigenvalue weighted by Crippen LogP contribution is 2.39. The normalized spacial score (nSPS) is 13.5. The van der Waals surface area contributed by atoms with Gasteiger partial charge in [-0.05, 0) is 13.0 Å². The number of phenols is 1. The average Bonchev–Trinajstić information content (AvgIpc) is 2.15. The lowest BCUT2D eigenvalue weighted by atomic mass is 9.97. The predicted octanol–water partition coefficient (Wildman–Crippen LogP) is 2.60. The van der Waals surface area contributed by atoms with Crippen LogP contribution in [0.1, 0.15) is 24.0 Å². The Morgan fingerprint density at radius 3 is 2.38 bits per heavy atom. The van der Waals surface area contributed by atoms with E-state index in [9.17, 15) is 23.1 Å². The summed E-state index contributed by atoms with van der Waals surface area (Å²) < 4.78 is 37.2. The van der Waals surface area contributed by atoms with Crippen molar-refractivity contribution in [2.45, 2.75) is 19.0 Å². The SMILES string of the molecule is CC(C(=O)O)c1cccc(C(F)(F)F)c1O. The molecule has 0 radical (unpaired) electrons. The second-order valence-electron chi connectivity index (χ2n) is 3.30. The summed E-state index contributed by atoms with van der Waals surface area (Å²) in [5, 5.41) is 18.0. The third-order valence-corrected chi connectivity index (χ3v) is 2.21. The van der Waals surface area contributed by atoms with Gasteiger partial charge in [-0.1, -0.05) is 12.1 Å². The molecule has 1 unspecified atom stereocenters. The van der Waals surface area contributed by atoms with Gasteiger partial charge in [0, 0.05) is 5.56 Å². The third-order valence-electron chi connectivity index (χ3n) is 2.21. The van der Waals surface area contributed by atoms with Crippen molar-refractivity contribution < 1.29 is 28.2 Å². The molecule has 1 rings (SSSR count). The Kier molecular flexibility index (Phi) is 3.11. The van der Waals surface area contributed by atoms with E-state index in [1.807, 2.05) is 0 Å². The fourth-order valence-corrected chi connectivity index (χ4v) is 1.27. The molecule has 88 valence electrons. The number of halogens is 3. The highest BCUT2D eigenvalue weighted by Gasteiger charge is 2.35. The summed E-state index contributed by atoms with van der Waals surface area (Å²) in [6.07, 6.45) is -4.70. The lowest BCUT2D eigenvalue weighted by molar-refractivity contribution is -0.140. The molecule has 0 heterocycles. The number of phenolic OH excluding ortho intramolecular Hbond substituents is 1. The van der Waals surface area contributed by atoms with E-state index in [-0.39, 0.29) is 5.56 Å². The minimum atomic E-state index is -4.70. The molecule has 1 aromatic rings. The summed E-state index contributed by atoms with van der Waals surface area (Å²) in [5.41, 5.74) is -1.47. The largest absolute Gasteiger partial charge is 0.507 e. The van der Waals surface area contributed by atoms with Gasteiger partial charge in [-0.2, -0.15) is 13.2 Å². The van der Waals surface area contributed by atoms with Crippen molar-refractivity contribution in [3.05, 3.63) is 29.3 Å². The zero-order chi connectivity index (χ0) is 12.5. The van der Waals surface area contributed by atoms with Gasteiger partial charge in [-0.25, -0.2) is 0 Å². The Hall–Kier alpha value is -1.72. The molecule has 0 aromatic heterocycles. The van der Waals surface area contributed by atoms with Crippen molar-refractivity contribution in [2.75, 3.05) is 0 Å². The van der Waals surface area contributed by atoms with E-state index in [4.69, 9.17) is 5.11 Å². The Morgan fingerprint density at radius 2 is 1.94 bits per heavy atom. The number of hydrogen-bond acceptors (Lipinski definition) is 2. The number of alkyl halides is 3. The highest BCUT2D eigenvalue weighted by atomic mass is 19.4. The van der Waals surface area contributed by atoms with Crippen LogP contribution in [0.2, 0.25) is 0 Å². The van der Waals surface area contributed by atoms with Crippen LogP contribution in [0.25, 0.3) is 0 Å². The second-order valence-corrected chi connectivity index (χ2v) is 3.30. The van der Waals surface area contributed by atoms with Crippen LogP contribution in [-0.2, 0) is 11.0 Å². The monoisotopic (exact) mass is 234 g/mol. The second kappa shape index (κ2) is 4.03. The number of hydrogen-bond donors (Lipinski definition) is 2. The van der Waals surface area contributed by atoms with Crippen LogP contribution in [0.5, 0.6) is 5.75 Å². The summed E-state index contributed by atoms with van der Waals surface area (Å²) in [5.74, 6) is -3.51. The first-order valence-electron chi connectivity index (χ1n) is 4.37. The van der Waals surface area contributed by atoms with E-state index in [2.05, 4.69) is 0 Å². The molecule has 0 spiro atoms. The first-order chi connectivity index (χ1) is 7.25. The maximum atomic E-state index is 12.4. The number of aromatic hydroxyl groups is 1. The summed E-state index contributed by atoms with van der Waals surface area (Å²) >= 11 is 0. The Morgan fingerprint density at radius 1 is 1.38 bits per heavy atom. The number of carboxylic acid groups (broad SMARTS) is 1. The predicted molar refractivity (Wildman–Crippen MR) is 49.2 cm³/mol. The number of carboxylic acids is 1. The molecule has 1 atom stereocenters. The van der Waals surface area contributed by atoms with Gasteiger partial charge >= 0.3 is 12.1 Å². The first kappa shape index (κ1) is 12.4. The first-order valence-corrected chi connectivity index (χ1v) is 4.37. The topological polar surface area (TPSA) is 57.5 Å². The molecule has 0 aliphatic rings. The van der Waals surface area contributed by atoms with Gasteiger partial charge in [-0.15, -0.1) is 0 Å². The maximum absolute atomic E-state index is 12.4. The fraction of sp³-hybridized carbons (Fsp3) is 0.300. The summed E-state index contributed by atoms with van der Waals surface area (Å²) in [6.45, 7) is 1.21. The summed E-state index contributed by atoms with van der Waals surface area (Å²) in [7, 11) is 0. The van der Waals surface area contributed by atoms with E-state index in [0.717, 1.165) is 12.1 Å². The quantitative estimate of drug-likeness (QED) is 0.826. The average molecular weight is 234 g/mol. The lowest BCUT2D eigenvalue weighted by Gasteiger charge is -2.14. The summed E-state index contributed by atoms with van der Waals surface area (Å²) in [4.78, 5) is 10.6. The zero-order valence-electron chi connectivity index (χ0n) is 8.25. The van der Waals surface area contributed by atoms with Crippen LogP contribution >= 0.6 is 0 Å². The van der Waals surface area contributed by atoms with Crippen molar-refractivity contribution in [1.82, 2.24) is 0 Å². The Labute approximate surface area is 89.1 Å². The van der Waals surface area contributed by atoms with Gasteiger partial charge in [0.05, 0.1) is 11.5 Å². The van der Waals surface area contributed by atoms with E-state index < -0.39 is 29.4 Å². The fourth-order valence-electron chi connectivity index (χ4n) is 1.27. The van der Waals surface area contributed by atoms with Crippen molar-refractivity contribution >= 4 is 5.97 Å². The van der Waals surface area contributed by atoms with Crippen molar-refractivity contribution in [1.29, 1.82) is 0 Å². The van der Waals surface area contributed by atoms with Gasteiger partial charge in [0.1, 0.15) is 5.75 Å². The van der Waals surface area contributed by atoms with Gasteiger partial charge in [0.15, 0.2) is 0 Å². The van der Waals surface area contributed by atoms with Gasteiger partial charge in [0.25, 0.3) is 0 Å². The van der Waals surface area contributed by atoms with E-state index >= 15 is 0 Å². The van der Waals surface area contributed by atoms with Crippen LogP contribution < -0.4 is 0 Å². The minimum Gasteiger partial charge on any atom is -0.507 e. The van der Waals surface area contributed by atoms with Gasteiger partial charge < -0.3 is 10.2 Å². The Balaban J connectivity index is 3.30. The molecule has 3 nitrogen and oxygen atoms in total. The molecule has 2 N–H and O–H groups in total. The molecule has 0 fully saturated rings. The highest BCUT2D eigenvalue weighted by molar-refractivity contribution is 5.77. The number of para-hydroxylation sites is 1. The van der Waals surface area contributed by atoms with Crippen LogP contribution in [0, 0.1) is 0 Å². The lowest BCUT2D eigenvalue weighted by Crippen LogP contribution is -2.11. The van der Waals surface area contributed by atoms with Crippen molar-refractivity contribution in [3.63, 3.8) is 0 Å². The molecule has 6 heteroatoms. The number of carbonyl (C=O) groups is 1. The van der Waals surface area contributed by atoms with E-state index in [0.29, 0.717) is 6.07 Å². The number of benzene rings is 1. The molecule has 16 heavy (non-hydrogen) atoms. The third kappa shape index (κ3) is 2.26. The molecular formula is C10H9F3O3. The smallest absolute Gasteiger partial charge is 0.419 e. The van der Waals surface area contributed by atoms with Gasteiger partial charge in [-0.3, -0.25) is 4.79 Å². The van der Waals surface area contributed by atoms with Crippen LogP contribution in [0.15, 0.2) is 18.2 Å². The van der Waals surface area contributed by atoms with Crippen LogP contribution in [-0.4, -0.2) is 16.2 Å². The molecule has 0 saturated heterocycles. The molecule has 0 saturated carbocycles. The van der Waals surface area contributed by atoms with Crippen LogP contribution in [0.3, 0.4) is 0 Å². The number of rotatable bonds is 2. The molecule has 0 amide bonds. The standard InChI is InChI=1S/C10H9F3O3/c1-5(9(15)16)6-3-2-4-7(8(6)14)10(11,12)13/h2-5,14H,1H3,(H,15,16). The number of aliphatic carboxylic acids is 1. The molecule has 0 bridgehead atoms. The molecule has 0 aliphatic heterocycles. The minimum absolute atomic E-state index is 0.248. The van der Waals surface area contributed by atoms with Crippen molar-refractivity contribution in [2.24, 2.45) is 0 Å². The van der Waals surface area contributed by atoms with E-state index in [1.165, 1.54) is 6.92 Å².